The van der Waals surface area contributed by atoms with E-state index < -0.39 is 6.10 Å². The standard InChI is InChI=1S/C15H15FN4O2/c16-11-3-1-2-9(4-11)14-18-5-10(6-19-14)15(22)20-12-7-17-8-13(12)21/h1-6,12-13,17,21H,7-8H2,(H,20,22). The monoisotopic (exact) mass is 302 g/mol. The van der Waals surface area contributed by atoms with Crippen molar-refractivity contribution >= 4 is 5.91 Å². The molecule has 0 bridgehead atoms. The normalized spacial score (nSPS) is 20.8. The summed E-state index contributed by atoms with van der Waals surface area (Å²) in [6.07, 6.45) is 2.17. The molecule has 1 aliphatic heterocycles. The number of carbonyl (C=O) groups excluding carboxylic acids is 1. The summed E-state index contributed by atoms with van der Waals surface area (Å²) in [6.45, 7) is 0.981. The van der Waals surface area contributed by atoms with Gasteiger partial charge in [-0.3, -0.25) is 4.79 Å². The number of hydrogen-bond donors (Lipinski definition) is 3. The molecule has 2 unspecified atom stereocenters. The number of aromatic nitrogens is 2. The molecule has 1 fully saturated rings. The summed E-state index contributed by atoms with van der Waals surface area (Å²) in [5.41, 5.74) is 0.835. The van der Waals surface area contributed by atoms with Gasteiger partial charge < -0.3 is 15.7 Å². The van der Waals surface area contributed by atoms with E-state index in [0.717, 1.165) is 0 Å². The number of β-amino-alcohol motifs (C(OH)–C–C–N with tert-alkyl or cyclic N) is 1. The van der Waals surface area contributed by atoms with Gasteiger partial charge in [-0.05, 0) is 12.1 Å². The molecule has 22 heavy (non-hydrogen) atoms. The van der Waals surface area contributed by atoms with Crippen molar-refractivity contribution in [1.29, 1.82) is 0 Å². The molecule has 3 N–H and O–H groups in total. The lowest BCUT2D eigenvalue weighted by molar-refractivity contribution is 0.0888. The SMILES string of the molecule is O=C(NC1CNCC1O)c1cnc(-c2cccc(F)c2)nc1. The van der Waals surface area contributed by atoms with Crippen LogP contribution in [0.15, 0.2) is 36.7 Å². The summed E-state index contributed by atoms with van der Waals surface area (Å²) in [5, 5.41) is 15.4. The van der Waals surface area contributed by atoms with Crippen molar-refractivity contribution < 1.29 is 14.3 Å². The molecule has 0 aliphatic carbocycles. The number of nitrogens with zero attached hydrogens (tertiary/aromatic N) is 2. The zero-order chi connectivity index (χ0) is 15.5. The third-order valence-electron chi connectivity index (χ3n) is 3.50. The third kappa shape index (κ3) is 3.10. The van der Waals surface area contributed by atoms with Gasteiger partial charge in [0.25, 0.3) is 5.91 Å². The molecular formula is C15H15FN4O2. The molecule has 1 aromatic heterocycles. The average Bonchev–Trinajstić information content (AvgIpc) is 2.92. The van der Waals surface area contributed by atoms with Crippen LogP contribution in [0.4, 0.5) is 4.39 Å². The van der Waals surface area contributed by atoms with Crippen molar-refractivity contribution in [3.8, 4) is 11.4 Å². The van der Waals surface area contributed by atoms with Crippen LogP contribution in [0.25, 0.3) is 11.4 Å². The number of nitrogens with one attached hydrogen (secondary N) is 2. The second-order valence-corrected chi connectivity index (χ2v) is 5.11. The van der Waals surface area contributed by atoms with Gasteiger partial charge in [-0.1, -0.05) is 12.1 Å². The Morgan fingerprint density at radius 1 is 1.32 bits per heavy atom. The van der Waals surface area contributed by atoms with Gasteiger partial charge in [-0.15, -0.1) is 0 Å². The van der Waals surface area contributed by atoms with Crippen molar-refractivity contribution in [3.05, 3.63) is 48.0 Å². The third-order valence-corrected chi connectivity index (χ3v) is 3.50. The molecule has 1 aromatic carbocycles. The smallest absolute Gasteiger partial charge is 0.254 e. The molecule has 1 amide bonds. The van der Waals surface area contributed by atoms with Crippen LogP contribution in [0.5, 0.6) is 0 Å². The van der Waals surface area contributed by atoms with Crippen molar-refractivity contribution in [2.75, 3.05) is 13.1 Å². The van der Waals surface area contributed by atoms with Crippen LogP contribution in [0, 0.1) is 5.82 Å². The number of amides is 1. The van der Waals surface area contributed by atoms with E-state index in [4.69, 9.17) is 0 Å². The minimum absolute atomic E-state index is 0.291. The Balaban J connectivity index is 1.72. The molecule has 6 nitrogen and oxygen atoms in total. The first-order valence-corrected chi connectivity index (χ1v) is 6.91. The summed E-state index contributed by atoms with van der Waals surface area (Å²) >= 11 is 0. The molecule has 3 rings (SSSR count). The Morgan fingerprint density at radius 3 is 2.73 bits per heavy atom. The Morgan fingerprint density at radius 2 is 2.09 bits per heavy atom. The number of rotatable bonds is 3. The highest BCUT2D eigenvalue weighted by Gasteiger charge is 2.26. The quantitative estimate of drug-likeness (QED) is 0.761. The zero-order valence-electron chi connectivity index (χ0n) is 11.7. The second-order valence-electron chi connectivity index (χ2n) is 5.11. The molecule has 0 saturated carbocycles. The van der Waals surface area contributed by atoms with Gasteiger partial charge >= 0.3 is 0 Å². The van der Waals surface area contributed by atoms with E-state index in [-0.39, 0.29) is 17.8 Å². The molecular weight excluding hydrogens is 287 g/mol. The molecule has 0 radical (unpaired) electrons. The van der Waals surface area contributed by atoms with Gasteiger partial charge in [0.15, 0.2) is 5.82 Å². The van der Waals surface area contributed by atoms with Gasteiger partial charge in [-0.25, -0.2) is 14.4 Å². The number of carbonyl (C=O) groups is 1. The molecule has 2 heterocycles. The van der Waals surface area contributed by atoms with E-state index in [0.29, 0.717) is 30.0 Å². The lowest BCUT2D eigenvalue weighted by atomic mass is 10.2. The van der Waals surface area contributed by atoms with E-state index in [2.05, 4.69) is 20.6 Å². The predicted molar refractivity (Wildman–Crippen MR) is 77.6 cm³/mol. The maximum atomic E-state index is 13.2. The van der Waals surface area contributed by atoms with Gasteiger partial charge in [0.1, 0.15) is 5.82 Å². The van der Waals surface area contributed by atoms with Crippen LogP contribution in [0.3, 0.4) is 0 Å². The molecule has 1 saturated heterocycles. The lowest BCUT2D eigenvalue weighted by Gasteiger charge is -2.15. The summed E-state index contributed by atoms with van der Waals surface area (Å²) in [5.74, 6) is -0.372. The Hall–Kier alpha value is -2.38. The molecule has 2 aromatic rings. The molecule has 2 atom stereocenters. The van der Waals surface area contributed by atoms with E-state index >= 15 is 0 Å². The van der Waals surface area contributed by atoms with Crippen molar-refractivity contribution in [2.24, 2.45) is 0 Å². The maximum Gasteiger partial charge on any atom is 0.254 e. The molecule has 1 aliphatic rings. The largest absolute Gasteiger partial charge is 0.390 e. The summed E-state index contributed by atoms with van der Waals surface area (Å²) in [6, 6.07) is 5.61. The van der Waals surface area contributed by atoms with Crippen LogP contribution in [-0.2, 0) is 0 Å². The number of halogens is 1. The first-order valence-electron chi connectivity index (χ1n) is 6.91. The van der Waals surface area contributed by atoms with Gasteiger partial charge in [0.2, 0.25) is 0 Å². The van der Waals surface area contributed by atoms with Crippen LogP contribution in [0.1, 0.15) is 10.4 Å². The van der Waals surface area contributed by atoms with Crippen LogP contribution >= 0.6 is 0 Å². The highest BCUT2D eigenvalue weighted by molar-refractivity contribution is 5.94. The van der Waals surface area contributed by atoms with E-state index in [9.17, 15) is 14.3 Å². The number of aliphatic hydroxyl groups excluding tert-OH is 1. The number of hydrogen-bond acceptors (Lipinski definition) is 5. The fourth-order valence-corrected chi connectivity index (χ4v) is 2.29. The average molecular weight is 302 g/mol. The summed E-state index contributed by atoms with van der Waals surface area (Å²) < 4.78 is 13.2. The second kappa shape index (κ2) is 6.17. The predicted octanol–water partition coefficient (Wildman–Crippen LogP) is 0.345. The topological polar surface area (TPSA) is 87.1 Å². The van der Waals surface area contributed by atoms with Gasteiger partial charge in [0.05, 0.1) is 17.7 Å². The first-order chi connectivity index (χ1) is 10.6. The van der Waals surface area contributed by atoms with E-state index in [1.54, 1.807) is 12.1 Å². The lowest BCUT2D eigenvalue weighted by Crippen LogP contribution is -2.42. The maximum absolute atomic E-state index is 13.2. The molecule has 114 valence electrons. The van der Waals surface area contributed by atoms with Crippen LogP contribution in [0.2, 0.25) is 0 Å². The Kier molecular flexibility index (Phi) is 4.08. The van der Waals surface area contributed by atoms with Gasteiger partial charge in [0, 0.05) is 31.0 Å². The van der Waals surface area contributed by atoms with Crippen LogP contribution in [-0.4, -0.2) is 46.2 Å². The minimum Gasteiger partial charge on any atom is -0.390 e. The highest BCUT2D eigenvalue weighted by atomic mass is 19.1. The first kappa shape index (κ1) is 14.6. The fourth-order valence-electron chi connectivity index (χ4n) is 2.29. The summed E-state index contributed by atoms with van der Waals surface area (Å²) in [7, 11) is 0. The fraction of sp³-hybridized carbons (Fsp3) is 0.267. The molecule has 7 heteroatoms. The molecule has 0 spiro atoms. The van der Waals surface area contributed by atoms with E-state index in [1.165, 1.54) is 24.5 Å². The number of benzene rings is 1. The van der Waals surface area contributed by atoms with Crippen molar-refractivity contribution in [2.45, 2.75) is 12.1 Å². The number of aliphatic hydroxyl groups is 1. The van der Waals surface area contributed by atoms with Crippen molar-refractivity contribution in [3.63, 3.8) is 0 Å². The zero-order valence-corrected chi connectivity index (χ0v) is 11.7. The highest BCUT2D eigenvalue weighted by Crippen LogP contribution is 2.15. The van der Waals surface area contributed by atoms with Gasteiger partial charge in [-0.2, -0.15) is 0 Å². The van der Waals surface area contributed by atoms with E-state index in [1.807, 2.05) is 0 Å². The Bertz CT molecular complexity index is 677. The van der Waals surface area contributed by atoms with Crippen LogP contribution < -0.4 is 10.6 Å². The Labute approximate surface area is 126 Å². The minimum atomic E-state index is -0.601. The summed E-state index contributed by atoms with van der Waals surface area (Å²) in [4.78, 5) is 20.2. The van der Waals surface area contributed by atoms with Crippen molar-refractivity contribution in [1.82, 2.24) is 20.6 Å².